The molecule has 19 heavy (non-hydrogen) atoms. The van der Waals surface area contributed by atoms with Crippen LogP contribution in [-0.4, -0.2) is 4.98 Å². The van der Waals surface area contributed by atoms with E-state index in [9.17, 15) is 4.39 Å². The second-order valence-corrected chi connectivity index (χ2v) is 4.92. The number of hydrogen-bond acceptors (Lipinski definition) is 3. The van der Waals surface area contributed by atoms with Crippen molar-refractivity contribution in [2.24, 2.45) is 5.84 Å². The van der Waals surface area contributed by atoms with E-state index in [1.165, 1.54) is 6.07 Å². The van der Waals surface area contributed by atoms with Crippen LogP contribution in [0.5, 0.6) is 0 Å². The maximum Gasteiger partial charge on any atom is 0.129 e. The zero-order valence-corrected chi connectivity index (χ0v) is 11.5. The summed E-state index contributed by atoms with van der Waals surface area (Å²) in [6.07, 6.45) is 1.74. The van der Waals surface area contributed by atoms with Gasteiger partial charge in [-0.25, -0.2) is 9.82 Å². The van der Waals surface area contributed by atoms with Gasteiger partial charge < -0.3 is 0 Å². The summed E-state index contributed by atoms with van der Waals surface area (Å²) >= 11 is 5.76. The van der Waals surface area contributed by atoms with Crippen molar-refractivity contribution < 1.29 is 4.39 Å². The van der Waals surface area contributed by atoms with Gasteiger partial charge in [0.1, 0.15) is 5.82 Å². The van der Waals surface area contributed by atoms with Gasteiger partial charge in [-0.2, -0.15) is 0 Å². The second kappa shape index (κ2) is 5.65. The molecule has 0 aliphatic carbocycles. The Kier molecular flexibility index (Phi) is 4.14. The minimum Gasteiger partial charge on any atom is -0.271 e. The quantitative estimate of drug-likeness (QED) is 0.671. The number of nitrogens with two attached hydrogens (primary N) is 1. The Bertz CT molecular complexity index is 550. The van der Waals surface area contributed by atoms with Crippen molar-refractivity contribution in [3.63, 3.8) is 0 Å². The molecule has 5 heteroatoms. The molecule has 0 saturated heterocycles. The van der Waals surface area contributed by atoms with Crippen LogP contribution in [-0.2, 0) is 0 Å². The molecule has 0 aliphatic heterocycles. The Morgan fingerprint density at radius 2 is 2.05 bits per heavy atom. The molecule has 3 nitrogen and oxygen atoms in total. The summed E-state index contributed by atoms with van der Waals surface area (Å²) in [7, 11) is 0. The summed E-state index contributed by atoms with van der Waals surface area (Å²) in [5.41, 5.74) is 5.74. The molecule has 1 aromatic heterocycles. The van der Waals surface area contributed by atoms with E-state index in [4.69, 9.17) is 17.4 Å². The Morgan fingerprint density at radius 3 is 2.63 bits per heavy atom. The van der Waals surface area contributed by atoms with E-state index in [0.717, 1.165) is 11.1 Å². The van der Waals surface area contributed by atoms with Crippen LogP contribution in [0.3, 0.4) is 0 Å². The molecule has 1 aromatic carbocycles. The SMILES string of the molecule is Cc1cnc(C(NN)c2ccc(Cl)cc2F)c(C)c1. The highest BCUT2D eigenvalue weighted by molar-refractivity contribution is 6.30. The number of hydrogen-bond donors (Lipinski definition) is 2. The lowest BCUT2D eigenvalue weighted by molar-refractivity contribution is 0.551. The van der Waals surface area contributed by atoms with Crippen molar-refractivity contribution in [2.75, 3.05) is 0 Å². The van der Waals surface area contributed by atoms with Crippen LogP contribution in [0.4, 0.5) is 4.39 Å². The molecule has 2 rings (SSSR count). The topological polar surface area (TPSA) is 50.9 Å². The van der Waals surface area contributed by atoms with Crippen LogP contribution >= 0.6 is 11.6 Å². The Balaban J connectivity index is 2.50. The summed E-state index contributed by atoms with van der Waals surface area (Å²) in [6.45, 7) is 3.88. The average Bonchev–Trinajstić information content (AvgIpc) is 2.34. The number of halogens is 2. The highest BCUT2D eigenvalue weighted by Gasteiger charge is 2.19. The molecule has 3 N–H and O–H groups in total. The molecule has 0 saturated carbocycles. The molecule has 100 valence electrons. The van der Waals surface area contributed by atoms with Crippen molar-refractivity contribution in [2.45, 2.75) is 19.9 Å². The maximum atomic E-state index is 14.0. The number of nitrogens with zero attached hydrogens (tertiary/aromatic N) is 1. The minimum atomic E-state index is -0.502. The largest absolute Gasteiger partial charge is 0.271 e. The first-order valence-corrected chi connectivity index (χ1v) is 6.25. The first-order chi connectivity index (χ1) is 9.02. The molecule has 0 amide bonds. The third-order valence-corrected chi connectivity index (χ3v) is 3.20. The monoisotopic (exact) mass is 279 g/mol. The Morgan fingerprint density at radius 1 is 1.32 bits per heavy atom. The van der Waals surface area contributed by atoms with Gasteiger partial charge in [0.2, 0.25) is 0 Å². The van der Waals surface area contributed by atoms with Crippen LogP contribution in [0.1, 0.15) is 28.4 Å². The van der Waals surface area contributed by atoms with Gasteiger partial charge in [-0.1, -0.05) is 23.7 Å². The highest BCUT2D eigenvalue weighted by atomic mass is 35.5. The van der Waals surface area contributed by atoms with Gasteiger partial charge in [-0.05, 0) is 37.1 Å². The standard InChI is InChI=1S/C14H15ClFN3/c1-8-5-9(2)13(18-7-8)14(19-17)11-4-3-10(15)6-12(11)16/h3-7,14,19H,17H2,1-2H3. The third kappa shape index (κ3) is 2.92. The first-order valence-electron chi connectivity index (χ1n) is 5.87. The van der Waals surface area contributed by atoms with Crippen LogP contribution in [0.15, 0.2) is 30.5 Å². The van der Waals surface area contributed by atoms with E-state index < -0.39 is 11.9 Å². The summed E-state index contributed by atoms with van der Waals surface area (Å²) in [5, 5.41) is 0.352. The number of aryl methyl sites for hydroxylation is 2. The van der Waals surface area contributed by atoms with Gasteiger partial charge in [0, 0.05) is 16.8 Å². The maximum absolute atomic E-state index is 14.0. The number of nitrogens with one attached hydrogen (secondary N) is 1. The molecule has 0 fully saturated rings. The summed E-state index contributed by atoms with van der Waals surface area (Å²) in [4.78, 5) is 4.35. The zero-order valence-electron chi connectivity index (χ0n) is 10.7. The molecule has 0 aliphatic rings. The predicted molar refractivity (Wildman–Crippen MR) is 74.3 cm³/mol. The van der Waals surface area contributed by atoms with Crippen molar-refractivity contribution >= 4 is 11.6 Å². The van der Waals surface area contributed by atoms with E-state index in [1.54, 1.807) is 18.3 Å². The average molecular weight is 280 g/mol. The van der Waals surface area contributed by atoms with Crippen molar-refractivity contribution in [1.29, 1.82) is 0 Å². The molecule has 0 radical (unpaired) electrons. The second-order valence-electron chi connectivity index (χ2n) is 4.48. The fraction of sp³-hybridized carbons (Fsp3) is 0.214. The molecule has 2 aromatic rings. The number of hydrazine groups is 1. The number of benzene rings is 1. The van der Waals surface area contributed by atoms with Gasteiger partial charge in [0.05, 0.1) is 11.7 Å². The van der Waals surface area contributed by atoms with Crippen LogP contribution in [0, 0.1) is 19.7 Å². The molecule has 1 heterocycles. The van der Waals surface area contributed by atoms with Gasteiger partial charge in [-0.15, -0.1) is 0 Å². The number of pyridine rings is 1. The Labute approximate surface area is 116 Å². The fourth-order valence-corrected chi connectivity index (χ4v) is 2.24. The summed E-state index contributed by atoms with van der Waals surface area (Å²) in [5.74, 6) is 5.16. The number of rotatable bonds is 3. The lowest BCUT2D eigenvalue weighted by Crippen LogP contribution is -2.30. The first kappa shape index (κ1) is 13.9. The lowest BCUT2D eigenvalue weighted by Gasteiger charge is -2.19. The molecular weight excluding hydrogens is 265 g/mol. The van der Waals surface area contributed by atoms with E-state index in [1.807, 2.05) is 19.9 Å². The normalized spacial score (nSPS) is 12.5. The smallest absolute Gasteiger partial charge is 0.129 e. The van der Waals surface area contributed by atoms with Gasteiger partial charge in [0.15, 0.2) is 0 Å². The van der Waals surface area contributed by atoms with E-state index in [0.29, 0.717) is 16.3 Å². The van der Waals surface area contributed by atoms with Gasteiger partial charge >= 0.3 is 0 Å². The fourth-order valence-electron chi connectivity index (χ4n) is 2.08. The minimum absolute atomic E-state index is 0.352. The van der Waals surface area contributed by atoms with E-state index in [-0.39, 0.29) is 0 Å². The zero-order chi connectivity index (χ0) is 14.0. The molecule has 1 atom stereocenters. The molecule has 0 spiro atoms. The van der Waals surface area contributed by atoms with Crippen molar-refractivity contribution in [3.8, 4) is 0 Å². The van der Waals surface area contributed by atoms with Crippen LogP contribution in [0.25, 0.3) is 0 Å². The van der Waals surface area contributed by atoms with E-state index in [2.05, 4.69) is 10.4 Å². The van der Waals surface area contributed by atoms with Crippen LogP contribution in [0.2, 0.25) is 5.02 Å². The van der Waals surface area contributed by atoms with Gasteiger partial charge in [-0.3, -0.25) is 10.8 Å². The van der Waals surface area contributed by atoms with Crippen molar-refractivity contribution in [1.82, 2.24) is 10.4 Å². The number of aromatic nitrogens is 1. The molecular formula is C14H15ClFN3. The third-order valence-electron chi connectivity index (χ3n) is 2.97. The Hall–Kier alpha value is -1.49. The molecule has 1 unspecified atom stereocenters. The van der Waals surface area contributed by atoms with Gasteiger partial charge in [0.25, 0.3) is 0 Å². The summed E-state index contributed by atoms with van der Waals surface area (Å²) < 4.78 is 14.0. The molecule has 0 bridgehead atoms. The highest BCUT2D eigenvalue weighted by Crippen LogP contribution is 2.26. The lowest BCUT2D eigenvalue weighted by atomic mass is 9.99. The van der Waals surface area contributed by atoms with E-state index >= 15 is 0 Å². The van der Waals surface area contributed by atoms with Crippen LogP contribution < -0.4 is 11.3 Å². The van der Waals surface area contributed by atoms with Crippen molar-refractivity contribution in [3.05, 3.63) is 63.7 Å². The summed E-state index contributed by atoms with van der Waals surface area (Å²) in [6, 6.07) is 6.00. The predicted octanol–water partition coefficient (Wildman–Crippen LogP) is 3.04.